The number of para-hydroxylation sites is 1. The number of allylic oxidation sites excluding steroid dienone is 10. The Kier molecular flexibility index (Phi) is 12.7. The van der Waals surface area contributed by atoms with Gasteiger partial charge >= 0.3 is 0 Å². The highest BCUT2D eigenvalue weighted by Crippen LogP contribution is 2.29. The number of aryl methyl sites for hydroxylation is 2. The molecule has 4 rings (SSSR count). The largest absolute Gasteiger partial charge is 0.382 e. The molecular weight excluding hydrogens is 550 g/mol. The molecule has 9 nitrogen and oxygen atoms in total. The summed E-state index contributed by atoms with van der Waals surface area (Å²) in [5.74, 6) is 1.12. The zero-order valence-corrected chi connectivity index (χ0v) is 25.5. The summed E-state index contributed by atoms with van der Waals surface area (Å²) in [5.41, 5.74) is 15.6. The molecule has 0 bridgehead atoms. The van der Waals surface area contributed by atoms with Gasteiger partial charge in [-0.25, -0.2) is 15.4 Å². The number of aromatic nitrogens is 3. The second-order valence-electron chi connectivity index (χ2n) is 10.6. The van der Waals surface area contributed by atoms with Gasteiger partial charge in [0, 0.05) is 44.3 Å². The van der Waals surface area contributed by atoms with Crippen LogP contribution in [0.25, 0.3) is 21.9 Å². The van der Waals surface area contributed by atoms with Crippen molar-refractivity contribution in [3.05, 3.63) is 102 Å². The molecule has 9 heteroatoms. The smallest absolute Gasteiger partial charge is 0.234 e. The number of unbranched alkanes of at least 4 members (excludes halogenated alkanes) is 2. The molecule has 3 aromatic rings. The normalized spacial score (nSPS) is 18.0. The number of rotatable bonds is 14. The number of nitrogen functional groups attached to an aromatic ring is 1. The van der Waals surface area contributed by atoms with Crippen LogP contribution in [0.3, 0.4) is 0 Å². The first-order valence-corrected chi connectivity index (χ1v) is 15.4. The number of carbonyl (C=O) groups excluding carboxylic acids is 2. The van der Waals surface area contributed by atoms with Crippen molar-refractivity contribution in [2.75, 3.05) is 18.8 Å². The number of anilines is 1. The molecule has 0 atom stereocenters. The standard InChI is InChI=1S/C35H43N7O2/c1-2-3-21-30-40-33-34(28-19-13-14-20-29(28)39-35(33)36)42(30)25-16-15-24-37-31(43)22-23-32(44)41-38-26-27-17-11-9-7-5-4-6-8-10-12-18-27/h4-14,17-20,38H,2-3,15-16,21-26H2,1H3,(H2,36,39)(H,37,43)(H,41,44)/b5-4-,6-4?,7-5?,8-6-,9-7-,10-8?,11-9?,12-10-,17-11-,18-12?,27-17?,27-18+. The van der Waals surface area contributed by atoms with Gasteiger partial charge in [0.25, 0.3) is 0 Å². The van der Waals surface area contributed by atoms with Gasteiger partial charge in [0.2, 0.25) is 11.8 Å². The van der Waals surface area contributed by atoms with Crippen molar-refractivity contribution in [2.45, 2.75) is 58.4 Å². The molecule has 1 aliphatic carbocycles. The van der Waals surface area contributed by atoms with Gasteiger partial charge in [0.1, 0.15) is 11.3 Å². The molecule has 2 aromatic heterocycles. The molecule has 44 heavy (non-hydrogen) atoms. The van der Waals surface area contributed by atoms with E-state index in [1.54, 1.807) is 0 Å². The van der Waals surface area contributed by atoms with Crippen LogP contribution in [0, 0.1) is 0 Å². The number of nitrogens with two attached hydrogens (primary N) is 1. The Morgan fingerprint density at radius 1 is 0.864 bits per heavy atom. The molecule has 2 heterocycles. The fourth-order valence-corrected chi connectivity index (χ4v) is 4.90. The molecule has 5 N–H and O–H groups in total. The van der Waals surface area contributed by atoms with Crippen molar-refractivity contribution < 1.29 is 9.59 Å². The van der Waals surface area contributed by atoms with Gasteiger partial charge < -0.3 is 15.6 Å². The van der Waals surface area contributed by atoms with Crippen LogP contribution in [0.2, 0.25) is 0 Å². The average molecular weight is 594 g/mol. The summed E-state index contributed by atoms with van der Waals surface area (Å²) < 4.78 is 2.28. The SMILES string of the molecule is CCCCc1nc2c(N)nc3ccccc3c2n1CCCCNC(=O)CCC(=O)NNCC1=C/C=C\C=C/C=C\C=C/C=C\1. The minimum absolute atomic E-state index is 0.109. The first-order chi connectivity index (χ1) is 21.6. The summed E-state index contributed by atoms with van der Waals surface area (Å²) >= 11 is 0. The predicted octanol–water partition coefficient (Wildman–Crippen LogP) is 5.53. The average Bonchev–Trinajstić information content (AvgIpc) is 3.39. The maximum Gasteiger partial charge on any atom is 0.234 e. The van der Waals surface area contributed by atoms with Crippen LogP contribution < -0.4 is 21.9 Å². The summed E-state index contributed by atoms with van der Waals surface area (Å²) in [4.78, 5) is 34.1. The van der Waals surface area contributed by atoms with Gasteiger partial charge in [-0.1, -0.05) is 98.4 Å². The van der Waals surface area contributed by atoms with Crippen molar-refractivity contribution in [3.63, 3.8) is 0 Å². The van der Waals surface area contributed by atoms with E-state index in [-0.39, 0.29) is 24.7 Å². The van der Waals surface area contributed by atoms with Crippen LogP contribution in [0.15, 0.2) is 96.7 Å². The van der Waals surface area contributed by atoms with E-state index < -0.39 is 0 Å². The van der Waals surface area contributed by atoms with E-state index >= 15 is 0 Å². The molecular formula is C35H43N7O2. The lowest BCUT2D eigenvalue weighted by atomic mass is 10.2. The summed E-state index contributed by atoms with van der Waals surface area (Å²) in [6.45, 7) is 3.95. The van der Waals surface area contributed by atoms with Gasteiger partial charge in [-0.15, -0.1) is 0 Å². The molecule has 1 aliphatic rings. The lowest BCUT2D eigenvalue weighted by Gasteiger charge is -2.11. The fourth-order valence-electron chi connectivity index (χ4n) is 4.90. The molecule has 230 valence electrons. The number of hydrogen-bond acceptors (Lipinski definition) is 6. The second kappa shape index (κ2) is 17.4. The van der Waals surface area contributed by atoms with E-state index in [0.29, 0.717) is 18.9 Å². The zero-order valence-electron chi connectivity index (χ0n) is 25.5. The highest BCUT2D eigenvalue weighted by Gasteiger charge is 2.17. The predicted molar refractivity (Wildman–Crippen MR) is 179 cm³/mol. The van der Waals surface area contributed by atoms with Crippen molar-refractivity contribution in [1.29, 1.82) is 0 Å². The molecule has 0 radical (unpaired) electrons. The van der Waals surface area contributed by atoms with Crippen molar-refractivity contribution in [3.8, 4) is 0 Å². The van der Waals surface area contributed by atoms with E-state index in [1.165, 1.54) is 0 Å². The zero-order chi connectivity index (χ0) is 31.0. The number of amides is 2. The van der Waals surface area contributed by atoms with Crippen LogP contribution in [0.4, 0.5) is 5.82 Å². The Morgan fingerprint density at radius 3 is 2.39 bits per heavy atom. The summed E-state index contributed by atoms with van der Waals surface area (Å²) in [5, 5.41) is 4.00. The van der Waals surface area contributed by atoms with Crippen LogP contribution in [-0.4, -0.2) is 39.4 Å². The number of nitrogens with zero attached hydrogens (tertiary/aromatic N) is 3. The molecule has 0 aliphatic heterocycles. The lowest BCUT2D eigenvalue weighted by molar-refractivity contribution is -0.126. The van der Waals surface area contributed by atoms with Crippen molar-refractivity contribution in [1.82, 2.24) is 30.7 Å². The van der Waals surface area contributed by atoms with Gasteiger partial charge in [-0.05, 0) is 30.9 Å². The topological polar surface area (TPSA) is 127 Å². The van der Waals surface area contributed by atoms with Gasteiger partial charge in [-0.3, -0.25) is 15.0 Å². The molecule has 0 unspecified atom stereocenters. The first-order valence-electron chi connectivity index (χ1n) is 15.4. The van der Waals surface area contributed by atoms with E-state index in [2.05, 4.69) is 38.7 Å². The molecule has 1 aromatic carbocycles. The third-order valence-corrected chi connectivity index (χ3v) is 7.18. The summed E-state index contributed by atoms with van der Waals surface area (Å²) in [7, 11) is 0. The highest BCUT2D eigenvalue weighted by atomic mass is 16.2. The van der Waals surface area contributed by atoms with Crippen molar-refractivity contribution >= 4 is 39.6 Å². The summed E-state index contributed by atoms with van der Waals surface area (Å²) in [6, 6.07) is 8.02. The number of fused-ring (bicyclic) bond motifs is 3. The Bertz CT molecular complexity index is 1610. The van der Waals surface area contributed by atoms with Crippen LogP contribution in [0.1, 0.15) is 51.3 Å². The Hall–Kier alpha value is -4.76. The van der Waals surface area contributed by atoms with E-state index in [4.69, 9.17) is 10.7 Å². The minimum Gasteiger partial charge on any atom is -0.382 e. The minimum atomic E-state index is -0.228. The Labute approximate surface area is 259 Å². The molecule has 0 saturated heterocycles. The summed E-state index contributed by atoms with van der Waals surface area (Å²) in [6.07, 6.45) is 26.4. The van der Waals surface area contributed by atoms with Crippen LogP contribution in [-0.2, 0) is 22.6 Å². The third-order valence-electron chi connectivity index (χ3n) is 7.18. The Balaban J connectivity index is 1.20. The van der Waals surface area contributed by atoms with E-state index in [9.17, 15) is 9.59 Å². The third kappa shape index (κ3) is 9.64. The number of carbonyl (C=O) groups is 2. The molecule has 0 saturated carbocycles. The lowest BCUT2D eigenvalue weighted by Crippen LogP contribution is -2.39. The number of hydrazine groups is 1. The molecule has 0 fully saturated rings. The Morgan fingerprint density at radius 2 is 1.59 bits per heavy atom. The number of imidazole rings is 1. The van der Waals surface area contributed by atoms with Gasteiger partial charge in [0.15, 0.2) is 5.82 Å². The number of pyridine rings is 1. The maximum absolute atomic E-state index is 12.4. The maximum atomic E-state index is 12.4. The van der Waals surface area contributed by atoms with E-state index in [0.717, 1.165) is 72.0 Å². The fraction of sp³-hybridized carbons (Fsp3) is 0.314. The van der Waals surface area contributed by atoms with E-state index in [1.807, 2.05) is 85.0 Å². The molecule has 2 amide bonds. The second-order valence-corrected chi connectivity index (χ2v) is 10.6. The van der Waals surface area contributed by atoms with Gasteiger partial charge in [0.05, 0.1) is 11.0 Å². The number of benzene rings is 1. The monoisotopic (exact) mass is 593 g/mol. The number of nitrogens with one attached hydrogen (secondary N) is 3. The first kappa shape index (κ1) is 32.2. The molecule has 0 spiro atoms. The number of hydrogen-bond donors (Lipinski definition) is 4. The highest BCUT2D eigenvalue weighted by molar-refractivity contribution is 6.06. The van der Waals surface area contributed by atoms with Crippen LogP contribution >= 0.6 is 0 Å². The van der Waals surface area contributed by atoms with Crippen molar-refractivity contribution in [2.24, 2.45) is 0 Å². The van der Waals surface area contributed by atoms with Gasteiger partial charge in [-0.2, -0.15) is 0 Å². The van der Waals surface area contributed by atoms with Crippen LogP contribution in [0.5, 0.6) is 0 Å². The quantitative estimate of drug-likeness (QED) is 0.144.